The molecule has 3 aromatic rings. The van der Waals surface area contributed by atoms with Crippen LogP contribution in [0.4, 0.5) is 11.4 Å². The third-order valence-corrected chi connectivity index (χ3v) is 5.98. The lowest BCUT2D eigenvalue weighted by atomic mass is 10.0. The number of methoxy groups -OCH3 is 1. The summed E-state index contributed by atoms with van der Waals surface area (Å²) in [4.78, 5) is 27.4. The lowest BCUT2D eigenvalue weighted by molar-refractivity contribution is -0.122. The summed E-state index contributed by atoms with van der Waals surface area (Å²) < 4.78 is 5.21. The molecule has 1 aliphatic carbocycles. The van der Waals surface area contributed by atoms with E-state index in [1.54, 1.807) is 18.1 Å². The first-order valence-electron chi connectivity index (χ1n) is 9.93. The highest BCUT2D eigenvalue weighted by Gasteiger charge is 2.36. The highest BCUT2D eigenvalue weighted by atomic mass is 16.5. The number of carbonyl (C=O) groups excluding carboxylic acids is 2. The normalized spacial score (nSPS) is 17.8. The summed E-state index contributed by atoms with van der Waals surface area (Å²) in [6.07, 6.45) is 2.32. The van der Waals surface area contributed by atoms with Crippen LogP contribution in [0.25, 0.3) is 10.8 Å². The lowest BCUT2D eigenvalue weighted by Gasteiger charge is -2.20. The fourth-order valence-corrected chi connectivity index (χ4v) is 4.53. The highest BCUT2D eigenvalue weighted by molar-refractivity contribution is 6.09. The van der Waals surface area contributed by atoms with Crippen molar-refractivity contribution < 1.29 is 14.3 Å². The molecule has 146 valence electrons. The minimum Gasteiger partial charge on any atom is -0.497 e. The quantitative estimate of drug-likeness (QED) is 0.739. The minimum absolute atomic E-state index is 0.00510. The lowest BCUT2D eigenvalue weighted by Crippen LogP contribution is -2.28. The number of carbonyl (C=O) groups is 2. The number of rotatable bonds is 4. The van der Waals surface area contributed by atoms with Crippen molar-refractivity contribution in [1.82, 2.24) is 0 Å². The molecule has 0 radical (unpaired) electrons. The number of nitrogens with one attached hydrogen (secondary N) is 1. The smallest absolute Gasteiger partial charge is 0.229 e. The second kappa shape index (κ2) is 6.92. The van der Waals surface area contributed by atoms with E-state index < -0.39 is 0 Å². The number of hydrogen-bond donors (Lipinski definition) is 1. The van der Waals surface area contributed by atoms with E-state index in [1.807, 2.05) is 24.3 Å². The van der Waals surface area contributed by atoms with Gasteiger partial charge in [0.15, 0.2) is 0 Å². The molecule has 3 aromatic carbocycles. The Morgan fingerprint density at radius 2 is 1.86 bits per heavy atom. The second-order valence-electron chi connectivity index (χ2n) is 7.71. The molecule has 5 nitrogen and oxygen atoms in total. The Balaban J connectivity index is 1.40. The standard InChI is InChI=1S/C24H22N2O3/c1-29-19-6-3-5-18(13-19)25-24(28)17-12-22(27)26(14-17)21-11-10-16-9-8-15-4-2-7-20(21)23(15)16/h2-7,10-11,13,17H,8-9,12,14H2,1H3,(H,25,28)/t17-/m0/s1. The maximum Gasteiger partial charge on any atom is 0.229 e. The van der Waals surface area contributed by atoms with Gasteiger partial charge in [0.1, 0.15) is 5.75 Å². The van der Waals surface area contributed by atoms with Crippen molar-refractivity contribution in [2.75, 3.05) is 23.9 Å². The highest BCUT2D eigenvalue weighted by Crippen LogP contribution is 2.38. The number of nitrogens with zero attached hydrogens (tertiary/aromatic N) is 1. The van der Waals surface area contributed by atoms with E-state index in [0.717, 1.165) is 23.9 Å². The van der Waals surface area contributed by atoms with Gasteiger partial charge in [0.25, 0.3) is 0 Å². The number of amides is 2. The van der Waals surface area contributed by atoms with Crippen molar-refractivity contribution >= 4 is 34.0 Å². The van der Waals surface area contributed by atoms with Crippen LogP contribution in [0, 0.1) is 5.92 Å². The Bertz CT molecular complexity index is 1130. The number of hydrogen-bond acceptors (Lipinski definition) is 3. The summed E-state index contributed by atoms with van der Waals surface area (Å²) in [6, 6.07) is 17.7. The Labute approximate surface area is 169 Å². The third-order valence-electron chi connectivity index (χ3n) is 5.98. The van der Waals surface area contributed by atoms with Gasteiger partial charge >= 0.3 is 0 Å². The largest absolute Gasteiger partial charge is 0.497 e. The molecule has 0 unspecified atom stereocenters. The zero-order valence-electron chi connectivity index (χ0n) is 16.3. The van der Waals surface area contributed by atoms with Gasteiger partial charge in [0.2, 0.25) is 11.8 Å². The maximum absolute atomic E-state index is 12.8. The van der Waals surface area contributed by atoms with Crippen LogP contribution in [-0.4, -0.2) is 25.5 Å². The Hall–Kier alpha value is -3.34. The van der Waals surface area contributed by atoms with E-state index in [4.69, 9.17) is 4.74 Å². The summed E-state index contributed by atoms with van der Waals surface area (Å²) in [5, 5.41) is 5.31. The van der Waals surface area contributed by atoms with Gasteiger partial charge in [-0.2, -0.15) is 0 Å². The molecule has 0 spiro atoms. The fraction of sp³-hybridized carbons (Fsp3) is 0.250. The van der Waals surface area contributed by atoms with E-state index in [2.05, 4.69) is 29.6 Å². The molecule has 0 aromatic heterocycles. The minimum atomic E-state index is -0.378. The summed E-state index contributed by atoms with van der Waals surface area (Å²) in [6.45, 7) is 0.396. The number of anilines is 2. The van der Waals surface area contributed by atoms with Gasteiger partial charge in [0, 0.05) is 30.1 Å². The molecule has 5 heteroatoms. The van der Waals surface area contributed by atoms with Crippen molar-refractivity contribution in [1.29, 1.82) is 0 Å². The monoisotopic (exact) mass is 386 g/mol. The van der Waals surface area contributed by atoms with Crippen molar-refractivity contribution in [2.24, 2.45) is 5.92 Å². The van der Waals surface area contributed by atoms with Gasteiger partial charge < -0.3 is 15.0 Å². The van der Waals surface area contributed by atoms with Gasteiger partial charge in [-0.05, 0) is 47.6 Å². The topological polar surface area (TPSA) is 58.6 Å². The summed E-state index contributed by atoms with van der Waals surface area (Å²) >= 11 is 0. The predicted octanol–water partition coefficient (Wildman–Crippen LogP) is 3.94. The first kappa shape index (κ1) is 17.7. The zero-order chi connectivity index (χ0) is 20.0. The van der Waals surface area contributed by atoms with Crippen LogP contribution in [0.5, 0.6) is 5.75 Å². The van der Waals surface area contributed by atoms with E-state index in [9.17, 15) is 9.59 Å². The summed E-state index contributed by atoms with van der Waals surface area (Å²) in [5.74, 6) is 0.158. The molecule has 1 aliphatic heterocycles. The SMILES string of the molecule is COc1cccc(NC(=O)[C@H]2CC(=O)N(c3ccc4c5c(cccc35)CC4)C2)c1. The molecule has 29 heavy (non-hydrogen) atoms. The average molecular weight is 386 g/mol. The van der Waals surface area contributed by atoms with Crippen molar-refractivity contribution in [2.45, 2.75) is 19.3 Å². The average Bonchev–Trinajstić information content (AvgIpc) is 3.34. The van der Waals surface area contributed by atoms with Crippen molar-refractivity contribution in [3.8, 4) is 5.75 Å². The van der Waals surface area contributed by atoms with Crippen molar-refractivity contribution in [3.63, 3.8) is 0 Å². The molecule has 1 atom stereocenters. The molecule has 2 aliphatic rings. The number of benzene rings is 3. The zero-order valence-corrected chi connectivity index (χ0v) is 16.3. The molecule has 1 heterocycles. The molecule has 5 rings (SSSR count). The first-order valence-corrected chi connectivity index (χ1v) is 9.93. The molecular weight excluding hydrogens is 364 g/mol. The van der Waals surface area contributed by atoms with Crippen molar-refractivity contribution in [3.05, 3.63) is 65.7 Å². The van der Waals surface area contributed by atoms with Crippen LogP contribution < -0.4 is 15.0 Å². The van der Waals surface area contributed by atoms with Gasteiger partial charge in [-0.15, -0.1) is 0 Å². The Morgan fingerprint density at radius 3 is 2.69 bits per heavy atom. The third kappa shape index (κ3) is 3.03. The van der Waals surface area contributed by atoms with E-state index in [-0.39, 0.29) is 24.2 Å². The molecule has 1 fully saturated rings. The molecule has 0 saturated carbocycles. The Morgan fingerprint density at radius 1 is 1.07 bits per heavy atom. The van der Waals surface area contributed by atoms with Crippen LogP contribution in [0.3, 0.4) is 0 Å². The van der Waals surface area contributed by atoms with Gasteiger partial charge in [-0.25, -0.2) is 0 Å². The summed E-state index contributed by atoms with van der Waals surface area (Å²) in [7, 11) is 1.59. The molecular formula is C24H22N2O3. The predicted molar refractivity (Wildman–Crippen MR) is 113 cm³/mol. The van der Waals surface area contributed by atoms with E-state index in [1.165, 1.54) is 16.5 Å². The first-order chi connectivity index (χ1) is 14.1. The molecule has 0 bridgehead atoms. The van der Waals surface area contributed by atoms with Crippen LogP contribution in [0.15, 0.2) is 54.6 Å². The van der Waals surface area contributed by atoms with E-state index in [0.29, 0.717) is 18.0 Å². The molecule has 1 saturated heterocycles. The molecule has 1 N–H and O–H groups in total. The van der Waals surface area contributed by atoms with E-state index >= 15 is 0 Å². The van der Waals surface area contributed by atoms with Gasteiger partial charge in [-0.3, -0.25) is 9.59 Å². The van der Waals surface area contributed by atoms with Crippen LogP contribution in [0.1, 0.15) is 17.5 Å². The number of aryl methyl sites for hydroxylation is 2. The van der Waals surface area contributed by atoms with Crippen LogP contribution in [0.2, 0.25) is 0 Å². The Kier molecular flexibility index (Phi) is 4.23. The maximum atomic E-state index is 12.8. The van der Waals surface area contributed by atoms with Crippen LogP contribution >= 0.6 is 0 Å². The van der Waals surface area contributed by atoms with Gasteiger partial charge in [-0.1, -0.05) is 30.3 Å². The van der Waals surface area contributed by atoms with Crippen LogP contribution in [-0.2, 0) is 22.4 Å². The fourth-order valence-electron chi connectivity index (χ4n) is 4.53. The second-order valence-corrected chi connectivity index (χ2v) is 7.71. The molecule has 2 amide bonds. The summed E-state index contributed by atoms with van der Waals surface area (Å²) in [5.41, 5.74) is 4.27. The van der Waals surface area contributed by atoms with Gasteiger partial charge in [0.05, 0.1) is 18.7 Å². The number of ether oxygens (including phenoxy) is 1.